The Balaban J connectivity index is 1.88. The predicted octanol–water partition coefficient (Wildman–Crippen LogP) is 3.21. The highest BCUT2D eigenvalue weighted by molar-refractivity contribution is 7.89. The van der Waals surface area contributed by atoms with Gasteiger partial charge in [0, 0.05) is 37.0 Å². The molecule has 0 aliphatic carbocycles. The predicted molar refractivity (Wildman–Crippen MR) is 143 cm³/mol. The van der Waals surface area contributed by atoms with Gasteiger partial charge in [-0.3, -0.25) is 19.7 Å². The summed E-state index contributed by atoms with van der Waals surface area (Å²) in [4.78, 5) is 52.0. The van der Waals surface area contributed by atoms with Crippen molar-refractivity contribution in [2.75, 3.05) is 32.1 Å². The van der Waals surface area contributed by atoms with E-state index in [2.05, 4.69) is 15.4 Å². The maximum atomic E-state index is 13.1. The number of carbonyl (C=O) groups excluding carboxylic acids is 4. The lowest BCUT2D eigenvalue weighted by Crippen LogP contribution is -2.35. The molecule has 2 aromatic rings. The van der Waals surface area contributed by atoms with Crippen molar-refractivity contribution in [3.05, 3.63) is 45.8 Å². The van der Waals surface area contributed by atoms with Crippen LogP contribution in [-0.2, 0) is 32.5 Å². The monoisotopic (exact) mass is 564 g/mol. The van der Waals surface area contributed by atoms with Gasteiger partial charge in [0.1, 0.15) is 5.00 Å². The molecule has 4 amide bonds. The third-order valence-corrected chi connectivity index (χ3v) is 9.35. The molecular weight excluding hydrogens is 532 g/mol. The van der Waals surface area contributed by atoms with Crippen LogP contribution in [0.3, 0.4) is 0 Å². The highest BCUT2D eigenvalue weighted by Gasteiger charge is 2.31. The van der Waals surface area contributed by atoms with Gasteiger partial charge in [0.15, 0.2) is 0 Å². The number of anilines is 1. The molecule has 13 heteroatoms. The normalized spacial score (nSPS) is 13.1. The Bertz CT molecular complexity index is 1320. The number of rotatable bonds is 9. The Labute approximate surface area is 226 Å². The van der Waals surface area contributed by atoms with Crippen LogP contribution in [0.4, 0.5) is 9.80 Å². The number of hydrogen-bond donors (Lipinski definition) is 2. The maximum Gasteiger partial charge on any atom is 0.413 e. The van der Waals surface area contributed by atoms with E-state index in [1.807, 2.05) is 6.92 Å². The first-order valence-electron chi connectivity index (χ1n) is 12.2. The van der Waals surface area contributed by atoms with Gasteiger partial charge in [0.2, 0.25) is 15.9 Å². The number of thiophene rings is 1. The summed E-state index contributed by atoms with van der Waals surface area (Å²) in [7, 11) is -2.56. The van der Waals surface area contributed by atoms with Crippen molar-refractivity contribution in [2.45, 2.75) is 51.5 Å². The Morgan fingerprint density at radius 2 is 1.79 bits per heavy atom. The zero-order chi connectivity index (χ0) is 28.0. The number of nitrogens with zero attached hydrogens (tertiary/aromatic N) is 2. The number of amides is 4. The molecule has 3 rings (SSSR count). The fourth-order valence-electron chi connectivity index (χ4n) is 4.09. The molecule has 2 heterocycles. The Kier molecular flexibility index (Phi) is 9.63. The van der Waals surface area contributed by atoms with E-state index in [9.17, 15) is 27.6 Å². The first-order chi connectivity index (χ1) is 18.0. The van der Waals surface area contributed by atoms with Gasteiger partial charge >= 0.3 is 6.09 Å². The van der Waals surface area contributed by atoms with Gasteiger partial charge < -0.3 is 15.0 Å². The number of alkyl carbamates (subject to hydrolysis) is 1. The molecule has 2 N–H and O–H groups in total. The van der Waals surface area contributed by atoms with Crippen LogP contribution >= 0.6 is 11.3 Å². The van der Waals surface area contributed by atoms with E-state index in [4.69, 9.17) is 0 Å². The Morgan fingerprint density at radius 1 is 1.11 bits per heavy atom. The van der Waals surface area contributed by atoms with Gasteiger partial charge in [-0.15, -0.1) is 11.3 Å². The van der Waals surface area contributed by atoms with Crippen molar-refractivity contribution >= 4 is 50.2 Å². The van der Waals surface area contributed by atoms with Crippen molar-refractivity contribution in [1.82, 2.24) is 14.5 Å². The van der Waals surface area contributed by atoms with Crippen molar-refractivity contribution in [3.63, 3.8) is 0 Å². The summed E-state index contributed by atoms with van der Waals surface area (Å²) in [5, 5.41) is 5.07. The van der Waals surface area contributed by atoms with Crippen LogP contribution in [0.1, 0.15) is 64.8 Å². The molecule has 38 heavy (non-hydrogen) atoms. The molecule has 0 saturated heterocycles. The van der Waals surface area contributed by atoms with Crippen LogP contribution in [0.15, 0.2) is 29.2 Å². The number of hydrogen-bond acceptors (Lipinski definition) is 8. The first kappa shape index (κ1) is 29.3. The van der Waals surface area contributed by atoms with Crippen molar-refractivity contribution < 1.29 is 32.3 Å². The third-order valence-electron chi connectivity index (χ3n) is 6.23. The minimum atomic E-state index is -3.70. The average molecular weight is 565 g/mol. The minimum absolute atomic E-state index is 0.0843. The molecule has 11 nitrogen and oxygen atoms in total. The summed E-state index contributed by atoms with van der Waals surface area (Å²) in [6.07, 6.45) is 1.05. The second kappa shape index (κ2) is 12.5. The fourth-order valence-corrected chi connectivity index (χ4v) is 6.84. The molecule has 0 fully saturated rings. The van der Waals surface area contributed by atoms with Gasteiger partial charge in [-0.05, 0) is 42.7 Å². The van der Waals surface area contributed by atoms with Crippen LogP contribution in [0.25, 0.3) is 0 Å². The number of nitrogens with one attached hydrogen (secondary N) is 2. The van der Waals surface area contributed by atoms with E-state index in [0.29, 0.717) is 31.6 Å². The molecule has 206 valence electrons. The SMILES string of the molecule is CCCCN(CC)S(=O)(=O)c1ccc(C(=O)Nc2sc3c(c2C(=O)NC(=O)OC)CCN(C(C)=O)C3)cc1. The minimum Gasteiger partial charge on any atom is -0.453 e. The first-order valence-corrected chi connectivity index (χ1v) is 14.5. The van der Waals surface area contributed by atoms with Gasteiger partial charge in [-0.1, -0.05) is 20.3 Å². The van der Waals surface area contributed by atoms with Crippen LogP contribution in [-0.4, -0.2) is 68.2 Å². The van der Waals surface area contributed by atoms with E-state index in [0.717, 1.165) is 36.2 Å². The Morgan fingerprint density at radius 3 is 2.37 bits per heavy atom. The summed E-state index contributed by atoms with van der Waals surface area (Å²) in [6, 6.07) is 5.59. The van der Waals surface area contributed by atoms with E-state index in [-0.39, 0.29) is 33.5 Å². The standard InChI is InChI=1S/C25H32N4O7S2/c1-5-7-13-29(6-2)38(34,35)18-10-8-17(9-11-18)22(31)26-24-21(23(32)27-25(33)36-4)19-12-14-28(16(3)30)15-20(19)37-24/h8-11H,5-7,12-15H2,1-4H3,(H,26,31)(H,27,32,33). The van der Waals surface area contributed by atoms with Crippen LogP contribution in [0.2, 0.25) is 0 Å². The quantitative estimate of drug-likeness (QED) is 0.476. The van der Waals surface area contributed by atoms with E-state index in [1.165, 1.54) is 35.5 Å². The van der Waals surface area contributed by atoms with E-state index >= 15 is 0 Å². The number of unbranched alkanes of at least 4 members (excludes halogenated alkanes) is 1. The lowest BCUT2D eigenvalue weighted by Gasteiger charge is -2.25. The van der Waals surface area contributed by atoms with Crippen LogP contribution < -0.4 is 10.6 Å². The summed E-state index contributed by atoms with van der Waals surface area (Å²) in [5.74, 6) is -1.39. The molecule has 0 radical (unpaired) electrons. The summed E-state index contributed by atoms with van der Waals surface area (Å²) < 4.78 is 31.9. The molecule has 1 aromatic carbocycles. The molecule has 0 bridgehead atoms. The highest BCUT2D eigenvalue weighted by atomic mass is 32.2. The van der Waals surface area contributed by atoms with E-state index < -0.39 is 27.9 Å². The molecule has 0 saturated carbocycles. The molecule has 1 aromatic heterocycles. The fraction of sp³-hybridized carbons (Fsp3) is 0.440. The zero-order valence-electron chi connectivity index (χ0n) is 21.8. The van der Waals surface area contributed by atoms with Gasteiger partial charge in [0.25, 0.3) is 11.8 Å². The highest BCUT2D eigenvalue weighted by Crippen LogP contribution is 2.37. The van der Waals surface area contributed by atoms with Gasteiger partial charge in [0.05, 0.1) is 24.1 Å². The second-order valence-electron chi connectivity index (χ2n) is 8.67. The van der Waals surface area contributed by atoms with Crippen LogP contribution in [0.5, 0.6) is 0 Å². The zero-order valence-corrected chi connectivity index (χ0v) is 23.5. The summed E-state index contributed by atoms with van der Waals surface area (Å²) in [6.45, 7) is 6.65. The molecule has 1 aliphatic heterocycles. The molecular formula is C25H32N4O7S2. The number of benzene rings is 1. The number of imide groups is 1. The number of methoxy groups -OCH3 is 1. The van der Waals surface area contributed by atoms with Crippen molar-refractivity contribution in [2.24, 2.45) is 0 Å². The third kappa shape index (κ3) is 6.40. The molecule has 0 unspecified atom stereocenters. The molecule has 0 spiro atoms. The van der Waals surface area contributed by atoms with Gasteiger partial charge in [-0.2, -0.15) is 4.31 Å². The average Bonchev–Trinajstić information content (AvgIpc) is 3.25. The summed E-state index contributed by atoms with van der Waals surface area (Å²) in [5.41, 5.74) is 0.981. The number of fused-ring (bicyclic) bond motifs is 1. The van der Waals surface area contributed by atoms with Crippen LogP contribution in [0, 0.1) is 0 Å². The number of ether oxygens (including phenoxy) is 1. The topological polar surface area (TPSA) is 142 Å². The number of carbonyl (C=O) groups is 4. The van der Waals surface area contributed by atoms with Crippen molar-refractivity contribution in [3.8, 4) is 0 Å². The maximum absolute atomic E-state index is 13.1. The van der Waals surface area contributed by atoms with Gasteiger partial charge in [-0.25, -0.2) is 13.2 Å². The smallest absolute Gasteiger partial charge is 0.413 e. The second-order valence-corrected chi connectivity index (χ2v) is 11.7. The molecule has 0 atom stereocenters. The summed E-state index contributed by atoms with van der Waals surface area (Å²) >= 11 is 1.15. The largest absolute Gasteiger partial charge is 0.453 e. The lowest BCUT2D eigenvalue weighted by molar-refractivity contribution is -0.129. The number of sulfonamides is 1. The molecule has 1 aliphatic rings. The van der Waals surface area contributed by atoms with Crippen molar-refractivity contribution in [1.29, 1.82) is 0 Å². The van der Waals surface area contributed by atoms with E-state index in [1.54, 1.807) is 11.8 Å². The lowest BCUT2D eigenvalue weighted by atomic mass is 10.0. The Hall–Kier alpha value is -3.29.